The standard InChI is InChI=1S/C16H13N5O2/c1-21-9-17-11-5-4-10(7-14(11)21)18-16(22)13-8-12(19-20-13)15-3-2-6-23-15/h2-9H,1H3,(H,18,22)(H,19,20). The fraction of sp³-hybridized carbons (Fsp3) is 0.0625. The fourth-order valence-electron chi connectivity index (χ4n) is 2.40. The van der Waals surface area contributed by atoms with Crippen molar-refractivity contribution in [1.82, 2.24) is 19.7 Å². The first-order valence-electron chi connectivity index (χ1n) is 7.02. The van der Waals surface area contributed by atoms with Gasteiger partial charge in [0.15, 0.2) is 11.5 Å². The number of hydrogen-bond acceptors (Lipinski definition) is 4. The van der Waals surface area contributed by atoms with Crippen LogP contribution in [0.25, 0.3) is 22.5 Å². The minimum Gasteiger partial charge on any atom is -0.463 e. The highest BCUT2D eigenvalue weighted by Gasteiger charge is 2.13. The maximum Gasteiger partial charge on any atom is 0.276 e. The van der Waals surface area contributed by atoms with Gasteiger partial charge in [0.05, 0.1) is 23.6 Å². The molecule has 0 fully saturated rings. The Kier molecular flexibility index (Phi) is 2.97. The first-order valence-corrected chi connectivity index (χ1v) is 7.02. The predicted molar refractivity (Wildman–Crippen MR) is 85.0 cm³/mol. The number of amides is 1. The molecule has 2 N–H and O–H groups in total. The van der Waals surface area contributed by atoms with Crippen LogP contribution in [0.3, 0.4) is 0 Å². The van der Waals surface area contributed by atoms with Crippen molar-refractivity contribution in [2.45, 2.75) is 0 Å². The zero-order valence-electron chi connectivity index (χ0n) is 12.3. The number of hydrogen-bond donors (Lipinski definition) is 2. The number of aromatic nitrogens is 4. The van der Waals surface area contributed by atoms with E-state index in [1.165, 1.54) is 0 Å². The molecule has 0 aliphatic carbocycles. The number of aromatic amines is 1. The molecule has 23 heavy (non-hydrogen) atoms. The Hall–Kier alpha value is -3.35. The second-order valence-corrected chi connectivity index (χ2v) is 5.16. The molecule has 3 heterocycles. The van der Waals surface area contributed by atoms with Crippen molar-refractivity contribution in [3.8, 4) is 11.5 Å². The summed E-state index contributed by atoms with van der Waals surface area (Å²) in [7, 11) is 1.91. The minimum absolute atomic E-state index is 0.291. The maximum atomic E-state index is 12.3. The number of nitrogens with one attached hydrogen (secondary N) is 2. The molecule has 1 amide bonds. The molecule has 0 saturated heterocycles. The van der Waals surface area contributed by atoms with E-state index < -0.39 is 0 Å². The molecular formula is C16H13N5O2. The summed E-state index contributed by atoms with van der Waals surface area (Å²) in [4.78, 5) is 16.6. The number of H-pyrrole nitrogens is 1. The van der Waals surface area contributed by atoms with E-state index in [2.05, 4.69) is 20.5 Å². The van der Waals surface area contributed by atoms with Crippen molar-refractivity contribution in [3.05, 3.63) is 54.7 Å². The SMILES string of the molecule is Cn1cnc2ccc(NC(=O)c3cc(-c4ccco4)[nH]n3)cc21. The molecule has 7 nitrogen and oxygen atoms in total. The van der Waals surface area contributed by atoms with Crippen molar-refractivity contribution in [2.24, 2.45) is 7.05 Å². The summed E-state index contributed by atoms with van der Waals surface area (Å²) in [5.74, 6) is 0.341. The van der Waals surface area contributed by atoms with Gasteiger partial charge in [-0.15, -0.1) is 0 Å². The number of nitrogens with zero attached hydrogens (tertiary/aromatic N) is 3. The Labute approximate surface area is 130 Å². The van der Waals surface area contributed by atoms with Crippen molar-refractivity contribution in [3.63, 3.8) is 0 Å². The number of anilines is 1. The Morgan fingerprint density at radius 3 is 3.04 bits per heavy atom. The molecule has 4 rings (SSSR count). The number of rotatable bonds is 3. The average molecular weight is 307 g/mol. The van der Waals surface area contributed by atoms with Crippen LogP contribution >= 0.6 is 0 Å². The topological polar surface area (TPSA) is 88.7 Å². The molecule has 4 aromatic rings. The normalized spacial score (nSPS) is 11.0. The molecule has 1 aromatic carbocycles. The van der Waals surface area contributed by atoms with Gasteiger partial charge in [0.25, 0.3) is 5.91 Å². The maximum absolute atomic E-state index is 12.3. The molecule has 0 spiro atoms. The van der Waals surface area contributed by atoms with Crippen LogP contribution in [0.2, 0.25) is 0 Å². The Morgan fingerprint density at radius 1 is 1.30 bits per heavy atom. The summed E-state index contributed by atoms with van der Waals surface area (Å²) in [5.41, 5.74) is 3.46. The summed E-state index contributed by atoms with van der Waals surface area (Å²) in [5, 5.41) is 9.65. The second-order valence-electron chi connectivity index (χ2n) is 5.16. The molecule has 0 aliphatic heterocycles. The Bertz CT molecular complexity index is 981. The van der Waals surface area contributed by atoms with Gasteiger partial charge in [-0.25, -0.2) is 4.98 Å². The lowest BCUT2D eigenvalue weighted by Gasteiger charge is -2.03. The third kappa shape index (κ3) is 2.38. The molecular weight excluding hydrogens is 294 g/mol. The second kappa shape index (κ2) is 5.13. The lowest BCUT2D eigenvalue weighted by Crippen LogP contribution is -2.12. The highest BCUT2D eigenvalue weighted by atomic mass is 16.3. The van der Waals surface area contributed by atoms with Crippen molar-refractivity contribution in [1.29, 1.82) is 0 Å². The van der Waals surface area contributed by atoms with E-state index in [9.17, 15) is 4.79 Å². The highest BCUT2D eigenvalue weighted by molar-refractivity contribution is 6.04. The number of fused-ring (bicyclic) bond motifs is 1. The van der Waals surface area contributed by atoms with Gasteiger partial charge in [-0.2, -0.15) is 5.10 Å². The molecule has 3 aromatic heterocycles. The van der Waals surface area contributed by atoms with Crippen LogP contribution < -0.4 is 5.32 Å². The summed E-state index contributed by atoms with van der Waals surface area (Å²) >= 11 is 0. The first kappa shape index (κ1) is 13.3. The smallest absolute Gasteiger partial charge is 0.276 e. The number of carbonyl (C=O) groups is 1. The summed E-state index contributed by atoms with van der Waals surface area (Å²) in [6.45, 7) is 0. The molecule has 0 bridgehead atoms. The van der Waals surface area contributed by atoms with Crippen LogP contribution in [0.1, 0.15) is 10.5 Å². The summed E-state index contributed by atoms with van der Waals surface area (Å²) < 4.78 is 7.17. The van der Waals surface area contributed by atoms with Gasteiger partial charge in [0.1, 0.15) is 5.69 Å². The molecule has 0 aliphatic rings. The van der Waals surface area contributed by atoms with Gasteiger partial charge < -0.3 is 14.3 Å². The monoisotopic (exact) mass is 307 g/mol. The van der Waals surface area contributed by atoms with E-state index in [-0.39, 0.29) is 5.91 Å². The van der Waals surface area contributed by atoms with Crippen LogP contribution in [-0.4, -0.2) is 25.7 Å². The molecule has 0 radical (unpaired) electrons. The lowest BCUT2D eigenvalue weighted by molar-refractivity contribution is 0.102. The fourth-order valence-corrected chi connectivity index (χ4v) is 2.40. The van der Waals surface area contributed by atoms with E-state index >= 15 is 0 Å². The zero-order chi connectivity index (χ0) is 15.8. The van der Waals surface area contributed by atoms with Gasteiger partial charge in [-0.3, -0.25) is 9.89 Å². The summed E-state index contributed by atoms with van der Waals surface area (Å²) in [6, 6.07) is 10.8. The van der Waals surface area contributed by atoms with Crippen LogP contribution in [0.15, 0.2) is 53.4 Å². The number of carbonyl (C=O) groups excluding carboxylic acids is 1. The third-order valence-electron chi connectivity index (χ3n) is 3.58. The van der Waals surface area contributed by atoms with Crippen LogP contribution in [-0.2, 0) is 7.05 Å². The minimum atomic E-state index is -0.291. The van der Waals surface area contributed by atoms with Crippen LogP contribution in [0.4, 0.5) is 5.69 Å². The number of furan rings is 1. The molecule has 0 unspecified atom stereocenters. The molecule has 114 valence electrons. The van der Waals surface area contributed by atoms with Crippen LogP contribution in [0, 0.1) is 0 Å². The molecule has 0 saturated carbocycles. The van der Waals surface area contributed by atoms with Gasteiger partial charge in [0, 0.05) is 18.8 Å². The van der Waals surface area contributed by atoms with E-state index in [1.807, 2.05) is 29.8 Å². The predicted octanol–water partition coefficient (Wildman–Crippen LogP) is 2.81. The summed E-state index contributed by atoms with van der Waals surface area (Å²) in [6.07, 6.45) is 3.30. The van der Waals surface area contributed by atoms with E-state index in [1.54, 1.807) is 30.8 Å². The Morgan fingerprint density at radius 2 is 2.22 bits per heavy atom. The van der Waals surface area contributed by atoms with E-state index in [4.69, 9.17) is 4.42 Å². The van der Waals surface area contributed by atoms with Gasteiger partial charge in [0.2, 0.25) is 0 Å². The number of aryl methyl sites for hydroxylation is 1. The van der Waals surface area contributed by atoms with Crippen LogP contribution in [0.5, 0.6) is 0 Å². The van der Waals surface area contributed by atoms with Crippen molar-refractivity contribution >= 4 is 22.6 Å². The number of benzene rings is 1. The van der Waals surface area contributed by atoms with Gasteiger partial charge in [-0.05, 0) is 30.3 Å². The zero-order valence-corrected chi connectivity index (χ0v) is 12.3. The Balaban J connectivity index is 1.58. The average Bonchev–Trinajstić information content (AvgIpc) is 3.27. The quantitative estimate of drug-likeness (QED) is 0.609. The lowest BCUT2D eigenvalue weighted by atomic mass is 10.2. The van der Waals surface area contributed by atoms with Crippen molar-refractivity contribution in [2.75, 3.05) is 5.32 Å². The van der Waals surface area contributed by atoms with Gasteiger partial charge in [-0.1, -0.05) is 0 Å². The first-order chi connectivity index (χ1) is 11.2. The molecule has 7 heteroatoms. The van der Waals surface area contributed by atoms with E-state index in [0.29, 0.717) is 22.8 Å². The van der Waals surface area contributed by atoms with Crippen molar-refractivity contribution < 1.29 is 9.21 Å². The number of imidazole rings is 1. The van der Waals surface area contributed by atoms with Gasteiger partial charge >= 0.3 is 0 Å². The van der Waals surface area contributed by atoms with E-state index in [0.717, 1.165) is 11.0 Å². The largest absolute Gasteiger partial charge is 0.463 e. The third-order valence-corrected chi connectivity index (χ3v) is 3.58. The highest BCUT2D eigenvalue weighted by Crippen LogP contribution is 2.20. The molecule has 0 atom stereocenters.